The van der Waals surface area contributed by atoms with E-state index in [1.165, 1.54) is 0 Å². The highest BCUT2D eigenvalue weighted by Crippen LogP contribution is 2.29. The van der Waals surface area contributed by atoms with E-state index < -0.39 is 0 Å². The highest BCUT2D eigenvalue weighted by Gasteiger charge is 2.17. The van der Waals surface area contributed by atoms with Crippen molar-refractivity contribution in [3.63, 3.8) is 0 Å². The lowest BCUT2D eigenvalue weighted by atomic mass is 10.5. The first kappa shape index (κ1) is 13.4. The molecule has 0 aliphatic carbocycles. The summed E-state index contributed by atoms with van der Waals surface area (Å²) in [5.41, 5.74) is 0. The summed E-state index contributed by atoms with van der Waals surface area (Å²) < 4.78 is 6.25. The van der Waals surface area contributed by atoms with Crippen LogP contribution in [-0.4, -0.2) is 32.5 Å². The fourth-order valence-electron chi connectivity index (χ4n) is 1.23. The van der Waals surface area contributed by atoms with E-state index in [-0.39, 0.29) is 5.25 Å². The van der Waals surface area contributed by atoms with Gasteiger partial charge in [0.1, 0.15) is 4.32 Å². The van der Waals surface area contributed by atoms with Gasteiger partial charge in [-0.05, 0) is 20.8 Å². The van der Waals surface area contributed by atoms with Crippen LogP contribution < -0.4 is 0 Å². The Bertz CT molecular complexity index is 350. The molecule has 1 aromatic heterocycles. The minimum absolute atomic E-state index is 0.106. The van der Waals surface area contributed by atoms with Crippen LogP contribution in [0.15, 0.2) is 4.42 Å². The van der Waals surface area contributed by atoms with Crippen molar-refractivity contribution < 1.29 is 4.42 Å². The van der Waals surface area contributed by atoms with E-state index in [0.29, 0.717) is 11.8 Å². The van der Waals surface area contributed by atoms with Gasteiger partial charge in [0.15, 0.2) is 0 Å². The van der Waals surface area contributed by atoms with Gasteiger partial charge in [0.2, 0.25) is 11.8 Å². The van der Waals surface area contributed by atoms with Crippen molar-refractivity contribution in [1.29, 1.82) is 0 Å². The molecule has 0 aromatic carbocycles. The number of thioether (sulfide) groups is 1. The lowest BCUT2D eigenvalue weighted by Gasteiger charge is -2.22. The predicted octanol–water partition coefficient (Wildman–Crippen LogP) is 2.80. The van der Waals surface area contributed by atoms with Gasteiger partial charge < -0.3 is 9.32 Å². The van der Waals surface area contributed by atoms with Gasteiger partial charge in [-0.25, -0.2) is 0 Å². The summed E-state index contributed by atoms with van der Waals surface area (Å²) in [5, 5.41) is 7.91. The molecule has 0 saturated heterocycles. The number of hydrogen-bond donors (Lipinski definition) is 0. The topological polar surface area (TPSA) is 42.2 Å². The van der Waals surface area contributed by atoms with E-state index in [4.69, 9.17) is 16.6 Å². The van der Waals surface area contributed by atoms with E-state index in [9.17, 15) is 0 Å². The molecule has 1 rings (SSSR count). The molecule has 0 saturated carbocycles. The average Bonchev–Trinajstić information content (AvgIpc) is 2.66. The molecule has 0 N–H and O–H groups in total. The van der Waals surface area contributed by atoms with Crippen LogP contribution >= 0.6 is 24.0 Å². The second-order valence-electron chi connectivity index (χ2n) is 3.36. The summed E-state index contributed by atoms with van der Waals surface area (Å²) in [5.74, 6) is 1.23. The molecule has 90 valence electrons. The number of thiocarbonyl (C=S) groups is 1. The summed E-state index contributed by atoms with van der Waals surface area (Å²) in [6.07, 6.45) is 0. The van der Waals surface area contributed by atoms with Crippen LogP contribution in [0.5, 0.6) is 0 Å². The number of aromatic nitrogens is 2. The minimum atomic E-state index is 0.106. The molecule has 1 heterocycles. The largest absolute Gasteiger partial charge is 0.424 e. The van der Waals surface area contributed by atoms with E-state index in [2.05, 4.69) is 28.9 Å². The summed E-state index contributed by atoms with van der Waals surface area (Å²) in [6.45, 7) is 9.86. The van der Waals surface area contributed by atoms with Crippen molar-refractivity contribution in [2.75, 3.05) is 13.1 Å². The first-order valence-corrected chi connectivity index (χ1v) is 6.62. The van der Waals surface area contributed by atoms with Gasteiger partial charge in [-0.1, -0.05) is 24.0 Å². The molecule has 1 unspecified atom stereocenters. The van der Waals surface area contributed by atoms with Crippen LogP contribution in [0.2, 0.25) is 0 Å². The Labute approximate surface area is 106 Å². The Kier molecular flexibility index (Phi) is 5.21. The van der Waals surface area contributed by atoms with Crippen molar-refractivity contribution in [3.05, 3.63) is 11.8 Å². The first-order valence-electron chi connectivity index (χ1n) is 5.34. The molecular formula is C10H17N3OS2. The molecule has 0 aliphatic heterocycles. The minimum Gasteiger partial charge on any atom is -0.424 e. The lowest BCUT2D eigenvalue weighted by molar-refractivity contribution is 0.468. The van der Waals surface area contributed by atoms with Gasteiger partial charge in [0.25, 0.3) is 0 Å². The number of rotatable bonds is 4. The van der Waals surface area contributed by atoms with Gasteiger partial charge in [-0.2, -0.15) is 0 Å². The standard InChI is InChI=1S/C10H17N3OS2/c1-5-13(6-2)10(15)16-7(3)9-12-11-8(4)14-9/h7H,5-6H2,1-4H3. The molecule has 0 spiro atoms. The monoisotopic (exact) mass is 259 g/mol. The fraction of sp³-hybridized carbons (Fsp3) is 0.700. The molecule has 6 heteroatoms. The van der Waals surface area contributed by atoms with Crippen LogP contribution in [0.1, 0.15) is 37.8 Å². The molecule has 0 bridgehead atoms. The predicted molar refractivity (Wildman–Crippen MR) is 70.6 cm³/mol. The SMILES string of the molecule is CCN(CC)C(=S)SC(C)c1nnc(C)o1. The summed E-state index contributed by atoms with van der Waals surface area (Å²) >= 11 is 6.94. The Morgan fingerprint density at radius 2 is 2.06 bits per heavy atom. The summed E-state index contributed by atoms with van der Waals surface area (Å²) in [6, 6.07) is 0. The van der Waals surface area contributed by atoms with Crippen LogP contribution in [0.3, 0.4) is 0 Å². The van der Waals surface area contributed by atoms with Crippen molar-refractivity contribution in [2.24, 2.45) is 0 Å². The van der Waals surface area contributed by atoms with Crippen LogP contribution in [0.4, 0.5) is 0 Å². The molecule has 4 nitrogen and oxygen atoms in total. The highest BCUT2D eigenvalue weighted by atomic mass is 32.2. The molecule has 16 heavy (non-hydrogen) atoms. The van der Waals surface area contributed by atoms with Crippen molar-refractivity contribution in [2.45, 2.75) is 32.9 Å². The molecule has 0 aliphatic rings. The van der Waals surface area contributed by atoms with E-state index >= 15 is 0 Å². The van der Waals surface area contributed by atoms with Crippen molar-refractivity contribution in [1.82, 2.24) is 15.1 Å². The number of aryl methyl sites for hydroxylation is 1. The number of nitrogens with zero attached hydrogens (tertiary/aromatic N) is 3. The highest BCUT2D eigenvalue weighted by molar-refractivity contribution is 8.23. The Hall–Kier alpha value is -0.620. The second-order valence-corrected chi connectivity index (χ2v) is 5.33. The number of hydrogen-bond acceptors (Lipinski definition) is 5. The summed E-state index contributed by atoms with van der Waals surface area (Å²) in [7, 11) is 0. The first-order chi connectivity index (χ1) is 7.58. The Balaban J connectivity index is 2.57. The van der Waals surface area contributed by atoms with Gasteiger partial charge in [0, 0.05) is 20.0 Å². The van der Waals surface area contributed by atoms with Crippen LogP contribution in [0.25, 0.3) is 0 Å². The van der Waals surface area contributed by atoms with Gasteiger partial charge in [0.05, 0.1) is 5.25 Å². The third-order valence-corrected chi connectivity index (χ3v) is 3.75. The van der Waals surface area contributed by atoms with Gasteiger partial charge in [-0.3, -0.25) is 0 Å². The Morgan fingerprint density at radius 3 is 2.50 bits per heavy atom. The summed E-state index contributed by atoms with van der Waals surface area (Å²) in [4.78, 5) is 2.14. The maximum absolute atomic E-state index is 5.37. The second kappa shape index (κ2) is 6.20. The van der Waals surface area contributed by atoms with Gasteiger partial charge in [-0.15, -0.1) is 10.2 Å². The normalized spacial score (nSPS) is 12.5. The zero-order chi connectivity index (χ0) is 12.1. The maximum Gasteiger partial charge on any atom is 0.229 e. The molecule has 1 aromatic rings. The molecular weight excluding hydrogens is 242 g/mol. The van der Waals surface area contributed by atoms with Gasteiger partial charge >= 0.3 is 0 Å². The van der Waals surface area contributed by atoms with Crippen LogP contribution in [-0.2, 0) is 0 Å². The molecule has 0 radical (unpaired) electrons. The third-order valence-electron chi connectivity index (χ3n) is 2.19. The molecule has 1 atom stereocenters. The van der Waals surface area contributed by atoms with E-state index in [1.807, 2.05) is 6.92 Å². The van der Waals surface area contributed by atoms with Crippen molar-refractivity contribution >= 4 is 28.3 Å². The van der Waals surface area contributed by atoms with Crippen molar-refractivity contribution in [3.8, 4) is 0 Å². The quantitative estimate of drug-likeness (QED) is 0.775. The third kappa shape index (κ3) is 3.45. The zero-order valence-corrected chi connectivity index (χ0v) is 11.7. The average molecular weight is 259 g/mol. The smallest absolute Gasteiger partial charge is 0.229 e. The van der Waals surface area contributed by atoms with E-state index in [1.54, 1.807) is 18.7 Å². The Morgan fingerprint density at radius 1 is 1.44 bits per heavy atom. The zero-order valence-electron chi connectivity index (χ0n) is 10.1. The molecule has 0 fully saturated rings. The lowest BCUT2D eigenvalue weighted by Crippen LogP contribution is -2.27. The fourth-order valence-corrected chi connectivity index (χ4v) is 2.83. The maximum atomic E-state index is 5.37. The molecule has 0 amide bonds. The van der Waals surface area contributed by atoms with E-state index in [0.717, 1.165) is 17.4 Å². The van der Waals surface area contributed by atoms with Crippen LogP contribution in [0, 0.1) is 6.92 Å².